The highest BCUT2D eigenvalue weighted by molar-refractivity contribution is 5.97. The van der Waals surface area contributed by atoms with Crippen LogP contribution in [0.4, 0.5) is 40.8 Å². The molecule has 0 saturated heterocycles. The predicted octanol–water partition coefficient (Wildman–Crippen LogP) is 5.82. The Morgan fingerprint density at radius 1 is 1.00 bits per heavy atom. The van der Waals surface area contributed by atoms with Crippen LogP contribution in [0.2, 0.25) is 0 Å². The van der Waals surface area contributed by atoms with Gasteiger partial charge >= 0.3 is 18.3 Å². The number of nitrogens with one attached hydrogen (secondary N) is 2. The fourth-order valence-corrected chi connectivity index (χ4v) is 5.75. The average molecular weight is 689 g/mol. The molecule has 3 N–H and O–H groups in total. The van der Waals surface area contributed by atoms with Crippen LogP contribution in [0.1, 0.15) is 51.7 Å². The van der Waals surface area contributed by atoms with E-state index in [2.05, 4.69) is 0 Å². The Hall–Kier alpha value is -4.47. The molecule has 2 heterocycles. The molecular formula is C32H32F8N4O4. The molecule has 8 nitrogen and oxygen atoms in total. The quantitative estimate of drug-likeness (QED) is 0.245. The van der Waals surface area contributed by atoms with E-state index in [1.165, 1.54) is 33.0 Å². The zero-order valence-corrected chi connectivity index (χ0v) is 26.2. The molecule has 0 bridgehead atoms. The van der Waals surface area contributed by atoms with Crippen LogP contribution in [0.3, 0.4) is 0 Å². The summed E-state index contributed by atoms with van der Waals surface area (Å²) in [5, 5.41) is 13.9. The van der Waals surface area contributed by atoms with Crippen LogP contribution in [0.15, 0.2) is 35.1 Å². The monoisotopic (exact) mass is 688 g/mol. The standard InChI is InChI=1S/C32H32F8N4O4/c1-5-25(32(38,39)40)41-17-12-22(33)27(23(34)13-17)28(45)42-24(30(47)48)11-16-6-7-19(18-8-9-43(3)14-20(16)18)26-21(31(35,36)37)10-15(2)44(4)29(26)46/h6-7,10,12-13,24-25,41H,5,8-9,11,14H2,1-4H3,(H,42,45)(H,47,48)/t24-,25+/m0/s1. The van der Waals surface area contributed by atoms with E-state index in [9.17, 15) is 54.6 Å². The summed E-state index contributed by atoms with van der Waals surface area (Å²) in [6.45, 7) is 3.13. The number of anilines is 1. The summed E-state index contributed by atoms with van der Waals surface area (Å²) in [4.78, 5) is 40.2. The third-order valence-electron chi connectivity index (χ3n) is 8.39. The van der Waals surface area contributed by atoms with Gasteiger partial charge in [-0.3, -0.25) is 9.59 Å². The minimum absolute atomic E-state index is 0.0272. The van der Waals surface area contributed by atoms with E-state index >= 15 is 0 Å². The molecule has 4 rings (SSSR count). The van der Waals surface area contributed by atoms with Crippen molar-refractivity contribution in [3.8, 4) is 11.1 Å². The first kappa shape index (κ1) is 36.4. The van der Waals surface area contributed by atoms with Gasteiger partial charge < -0.3 is 25.2 Å². The molecule has 2 atom stereocenters. The zero-order chi connectivity index (χ0) is 35.9. The number of hydrogen-bond acceptors (Lipinski definition) is 5. The van der Waals surface area contributed by atoms with E-state index in [-0.39, 0.29) is 24.2 Å². The number of hydrogen-bond donors (Lipinski definition) is 3. The summed E-state index contributed by atoms with van der Waals surface area (Å²) < 4.78 is 113. The van der Waals surface area contributed by atoms with Crippen molar-refractivity contribution in [3.05, 3.63) is 85.8 Å². The summed E-state index contributed by atoms with van der Waals surface area (Å²) in [7, 11) is 3.07. The number of rotatable bonds is 9. The number of aliphatic carboxylic acids is 1. The first-order valence-corrected chi connectivity index (χ1v) is 14.7. The van der Waals surface area contributed by atoms with Gasteiger partial charge in [-0.2, -0.15) is 26.3 Å². The molecule has 2 aromatic carbocycles. The number of halogens is 8. The van der Waals surface area contributed by atoms with Gasteiger partial charge in [0.05, 0.1) is 11.1 Å². The Bertz CT molecular complexity index is 1780. The van der Waals surface area contributed by atoms with Crippen molar-refractivity contribution in [2.75, 3.05) is 18.9 Å². The fourth-order valence-electron chi connectivity index (χ4n) is 5.75. The van der Waals surface area contributed by atoms with Crippen LogP contribution < -0.4 is 16.2 Å². The van der Waals surface area contributed by atoms with Crippen molar-refractivity contribution in [2.45, 2.75) is 64.1 Å². The van der Waals surface area contributed by atoms with Crippen LogP contribution >= 0.6 is 0 Å². The van der Waals surface area contributed by atoms with Crippen LogP contribution in [0.5, 0.6) is 0 Å². The summed E-state index contributed by atoms with van der Waals surface area (Å²) in [5.74, 6) is -6.18. The van der Waals surface area contributed by atoms with Crippen LogP contribution in [0.25, 0.3) is 11.1 Å². The lowest BCUT2D eigenvalue weighted by atomic mass is 9.85. The van der Waals surface area contributed by atoms with Crippen LogP contribution in [-0.4, -0.2) is 58.3 Å². The summed E-state index contributed by atoms with van der Waals surface area (Å²) in [5.41, 5.74) is -3.14. The number of benzene rings is 2. The third-order valence-corrected chi connectivity index (χ3v) is 8.39. The lowest BCUT2D eigenvalue weighted by molar-refractivity contribution is -0.143. The third kappa shape index (κ3) is 7.48. The average Bonchev–Trinajstić information content (AvgIpc) is 2.97. The molecule has 0 radical (unpaired) electrons. The number of carboxylic acids is 1. The number of carbonyl (C=O) groups excluding carboxylic acids is 1. The second-order valence-electron chi connectivity index (χ2n) is 11.7. The summed E-state index contributed by atoms with van der Waals surface area (Å²) in [6, 6.07) is 0.566. The second kappa shape index (κ2) is 13.6. The maximum absolute atomic E-state index is 14.9. The van der Waals surface area contributed by atoms with Crippen molar-refractivity contribution >= 4 is 17.6 Å². The molecule has 1 aliphatic heterocycles. The van der Waals surface area contributed by atoms with Gasteiger partial charge in [0, 0.05) is 37.9 Å². The minimum Gasteiger partial charge on any atom is -0.480 e. The maximum atomic E-state index is 14.9. The number of nitrogens with zero attached hydrogens (tertiary/aromatic N) is 2. The summed E-state index contributed by atoms with van der Waals surface area (Å²) >= 11 is 0. The molecule has 0 saturated carbocycles. The van der Waals surface area contributed by atoms with Gasteiger partial charge in [-0.05, 0) is 67.3 Å². The Balaban J connectivity index is 1.71. The molecule has 0 spiro atoms. The highest BCUT2D eigenvalue weighted by Gasteiger charge is 2.39. The molecule has 0 aliphatic carbocycles. The number of fused-ring (bicyclic) bond motifs is 1. The molecule has 3 aromatic rings. The topological polar surface area (TPSA) is 104 Å². The number of amides is 1. The van der Waals surface area contributed by atoms with E-state index in [0.717, 1.165) is 10.6 Å². The molecule has 1 aliphatic rings. The SMILES string of the molecule is CC[C@@H](Nc1cc(F)c(C(=O)N[C@@H](Cc2ccc(-c3c(C(F)(F)F)cc(C)n(C)c3=O)c3c2CN(C)CC3)C(=O)O)c(F)c1)C(F)(F)F. The Morgan fingerprint density at radius 3 is 2.17 bits per heavy atom. The van der Waals surface area contributed by atoms with Gasteiger partial charge in [-0.15, -0.1) is 0 Å². The molecule has 0 fully saturated rings. The van der Waals surface area contributed by atoms with E-state index in [4.69, 9.17) is 0 Å². The van der Waals surface area contributed by atoms with Crippen molar-refractivity contribution in [3.63, 3.8) is 0 Å². The minimum atomic E-state index is -4.86. The Morgan fingerprint density at radius 2 is 1.62 bits per heavy atom. The molecule has 0 unspecified atom stereocenters. The number of aromatic nitrogens is 1. The van der Waals surface area contributed by atoms with Gasteiger partial charge in [0.1, 0.15) is 29.3 Å². The number of carbonyl (C=O) groups is 2. The van der Waals surface area contributed by atoms with Crippen LogP contribution in [-0.2, 0) is 37.4 Å². The Kier molecular flexibility index (Phi) is 10.3. The number of likely N-dealkylation sites (N-methyl/N-ethyl adjacent to an activating group) is 1. The first-order chi connectivity index (χ1) is 22.2. The zero-order valence-electron chi connectivity index (χ0n) is 26.2. The number of alkyl halides is 6. The van der Waals surface area contributed by atoms with E-state index < -0.39 is 88.7 Å². The van der Waals surface area contributed by atoms with Crippen molar-refractivity contribution < 1.29 is 49.8 Å². The Labute approximate surface area is 269 Å². The van der Waals surface area contributed by atoms with Crippen molar-refractivity contribution in [1.82, 2.24) is 14.8 Å². The fraction of sp³-hybridized carbons (Fsp3) is 0.406. The normalized spacial score (nSPS) is 15.1. The molecule has 260 valence electrons. The predicted molar refractivity (Wildman–Crippen MR) is 160 cm³/mol. The van der Waals surface area contributed by atoms with E-state index in [1.807, 2.05) is 15.5 Å². The number of aryl methyl sites for hydroxylation is 1. The molecular weight excluding hydrogens is 656 g/mol. The van der Waals surface area contributed by atoms with Crippen molar-refractivity contribution in [1.29, 1.82) is 0 Å². The highest BCUT2D eigenvalue weighted by Crippen LogP contribution is 2.39. The lowest BCUT2D eigenvalue weighted by Gasteiger charge is -2.30. The molecule has 16 heteroatoms. The van der Waals surface area contributed by atoms with Gasteiger partial charge in [0.15, 0.2) is 0 Å². The first-order valence-electron chi connectivity index (χ1n) is 14.7. The second-order valence-corrected chi connectivity index (χ2v) is 11.7. The highest BCUT2D eigenvalue weighted by atomic mass is 19.4. The number of pyridine rings is 1. The van der Waals surface area contributed by atoms with E-state index in [1.54, 1.807) is 7.05 Å². The van der Waals surface area contributed by atoms with Gasteiger partial charge in [-0.25, -0.2) is 13.6 Å². The molecule has 48 heavy (non-hydrogen) atoms. The largest absolute Gasteiger partial charge is 0.480 e. The smallest absolute Gasteiger partial charge is 0.417 e. The lowest BCUT2D eigenvalue weighted by Crippen LogP contribution is -2.43. The van der Waals surface area contributed by atoms with Crippen LogP contribution in [0, 0.1) is 18.6 Å². The molecule has 1 amide bonds. The molecule has 1 aromatic heterocycles. The van der Waals surface area contributed by atoms with Crippen molar-refractivity contribution in [2.24, 2.45) is 7.05 Å². The summed E-state index contributed by atoms with van der Waals surface area (Å²) in [6.07, 6.45) is -10.3. The van der Waals surface area contributed by atoms with Gasteiger partial charge in [0.2, 0.25) is 0 Å². The van der Waals surface area contributed by atoms with E-state index in [0.29, 0.717) is 35.4 Å². The maximum Gasteiger partial charge on any atom is 0.417 e. The number of carboxylic acid groups (broad SMARTS) is 1. The van der Waals surface area contributed by atoms with Gasteiger partial charge in [0.25, 0.3) is 11.5 Å². The van der Waals surface area contributed by atoms with Gasteiger partial charge in [-0.1, -0.05) is 19.1 Å².